The number of nitrogens with one attached hydrogen (secondary N) is 8. The highest BCUT2D eigenvalue weighted by Gasteiger charge is 2.10. The Hall–Kier alpha value is -1.34. The monoisotopic (exact) mass is 1740 g/mol. The Morgan fingerprint density at radius 3 is 0.808 bits per heavy atom. The molecule has 0 aliphatic carbocycles. The van der Waals surface area contributed by atoms with Gasteiger partial charge in [0.15, 0.2) is 0 Å². The van der Waals surface area contributed by atoms with Crippen molar-refractivity contribution >= 4 is 0 Å². The fourth-order valence-corrected chi connectivity index (χ4v) is 11.1. The third kappa shape index (κ3) is 140. The predicted octanol–water partition coefficient (Wildman–Crippen LogP) is 8.74. The van der Waals surface area contributed by atoms with Crippen LogP contribution in [0.5, 0.6) is 0 Å². The standard InChI is InChI=1S/C21H43NO2.2C11H25NO2.3C10H23NO2.C9H21NO2.C8H19NO2.C3H9NO2/c1-2-3-4-5-6-7-8-9-10-11-12-13-14-15-16-17-18-22-19-21(24)20-23;1-3-5-6-10(4-2)7-12-8-11(14)9-13;1-2-3-4-5-6-7-8-12-9-11(14)10-13;1-3-9(2)5-4-6-11-7-10(13)8-12;1-3-4-5-9(2)6-11-7-10(13)8-12;1-3-4-5-6-9(2)11-7-10(13)8-12;1-2-3-4-5-6-10-7-9(12)8-11;1-2-3-4-5-9-6-8(11)7-10;4-1-3(6)2-5/h9-10,21-24H,2-8,11-20H2,1H3;10-14H,3-9H2,1-2H3;11-14H,2-10H2,1H3;3*9-13H,3-8H2,1-2H3;9-12H,2-8H2,1H3;8-11H,2-7H2,1H3;3,5-6H,1-2,4H2/b10-9-;;;;;;;;. The quantitative estimate of drug-likeness (QED) is 0.0200. The van der Waals surface area contributed by atoms with Crippen molar-refractivity contribution in [2.24, 2.45) is 23.5 Å². The lowest BCUT2D eigenvalue weighted by Crippen LogP contribution is -2.35. The van der Waals surface area contributed by atoms with Crippen LogP contribution in [0.3, 0.4) is 0 Å². The molecule has 0 aromatic heterocycles. The summed E-state index contributed by atoms with van der Waals surface area (Å²) in [5.74, 6) is 2.16. The van der Waals surface area contributed by atoms with Crippen LogP contribution in [0, 0.1) is 17.8 Å². The molecule has 120 heavy (non-hydrogen) atoms. The Labute approximate surface area is 738 Å². The molecule has 0 bridgehead atoms. The van der Waals surface area contributed by atoms with E-state index in [0.717, 1.165) is 83.8 Å². The Kier molecular flexibility index (Phi) is 141. The SMILES string of the molecule is CCC(C)CCCNCC(O)CO.CCCCC(C)CNCC(O)CO.CCCCC(CC)CNCC(O)CO.CCCCCC(C)NCC(O)CO.CCCCCCCC/C=C\CCCCCCCCNCC(O)CO.CCCCCCCCNCC(O)CO.CCCCCCNCC(O)CO.CCCCCNCC(O)CO.NCC(O)CO. The fraction of sp³-hybridized carbons (Fsp3) is 0.978. The van der Waals surface area contributed by atoms with Gasteiger partial charge in [0.2, 0.25) is 0 Å². The van der Waals surface area contributed by atoms with E-state index in [4.69, 9.17) is 92.5 Å². The molecule has 0 aromatic rings. The van der Waals surface area contributed by atoms with Gasteiger partial charge in [-0.1, -0.05) is 268 Å². The van der Waals surface area contributed by atoms with Gasteiger partial charge in [0.25, 0.3) is 0 Å². The third-order valence-electron chi connectivity index (χ3n) is 19.8. The second-order valence-electron chi connectivity index (χ2n) is 32.7. The van der Waals surface area contributed by atoms with Crippen molar-refractivity contribution < 1.29 is 91.9 Å². The lowest BCUT2D eigenvalue weighted by Gasteiger charge is -2.16. The zero-order chi connectivity index (χ0) is 92.2. The molecule has 0 spiro atoms. The van der Waals surface area contributed by atoms with E-state index in [1.165, 1.54) is 231 Å². The molecule has 0 radical (unpaired) electrons. The molecule has 0 heterocycles. The summed E-state index contributed by atoms with van der Waals surface area (Å²) in [6, 6.07) is 0.438. The summed E-state index contributed by atoms with van der Waals surface area (Å²) in [5.41, 5.74) is 4.87. The summed E-state index contributed by atoms with van der Waals surface area (Å²) in [6.07, 6.45) is 51.2. The lowest BCUT2D eigenvalue weighted by atomic mass is 9.99. The van der Waals surface area contributed by atoms with Crippen molar-refractivity contribution in [2.45, 2.75) is 407 Å². The second-order valence-corrected chi connectivity index (χ2v) is 32.7. The molecule has 0 aliphatic rings. The van der Waals surface area contributed by atoms with Crippen LogP contribution in [0.15, 0.2) is 12.2 Å². The maximum atomic E-state index is 9.17. The van der Waals surface area contributed by atoms with Crippen molar-refractivity contribution in [2.75, 3.05) is 164 Å². The number of hydrogen-bond donors (Lipinski definition) is 27. The first-order valence-electron chi connectivity index (χ1n) is 48.5. The van der Waals surface area contributed by atoms with E-state index in [1.54, 1.807) is 0 Å². The van der Waals surface area contributed by atoms with Crippen LogP contribution < -0.4 is 48.3 Å². The summed E-state index contributed by atoms with van der Waals surface area (Å²) in [7, 11) is 0. The van der Waals surface area contributed by atoms with Crippen LogP contribution >= 0.6 is 0 Å². The average Bonchev–Trinajstić information content (AvgIpc) is 1.01. The second kappa shape index (κ2) is 124. The first kappa shape index (κ1) is 137. The van der Waals surface area contributed by atoms with Crippen LogP contribution in [0.4, 0.5) is 0 Å². The first-order chi connectivity index (χ1) is 57.9. The van der Waals surface area contributed by atoms with Crippen LogP contribution in [0.25, 0.3) is 0 Å². The van der Waals surface area contributed by atoms with Crippen LogP contribution in [-0.2, 0) is 0 Å². The summed E-state index contributed by atoms with van der Waals surface area (Å²) in [5, 5.41) is 182. The van der Waals surface area contributed by atoms with E-state index in [0.29, 0.717) is 70.2 Å². The van der Waals surface area contributed by atoms with Gasteiger partial charge in [-0.15, -0.1) is 0 Å². The Balaban J connectivity index is -0.000000168. The molecule has 27 heteroatoms. The van der Waals surface area contributed by atoms with E-state index >= 15 is 0 Å². The largest absolute Gasteiger partial charge is 0.394 e. The van der Waals surface area contributed by atoms with Gasteiger partial charge >= 0.3 is 0 Å². The highest BCUT2D eigenvalue weighted by molar-refractivity contribution is 4.81. The normalized spacial score (nSPS) is 14.3. The summed E-state index contributed by atoms with van der Waals surface area (Å²) in [4.78, 5) is 0. The molecule has 28 N–H and O–H groups in total. The number of unbranched alkanes of at least 4 members (excludes halogenated alkanes) is 26. The van der Waals surface area contributed by atoms with Crippen molar-refractivity contribution in [3.8, 4) is 0 Å². The van der Waals surface area contributed by atoms with E-state index in [1.807, 2.05) is 0 Å². The highest BCUT2D eigenvalue weighted by atomic mass is 16.3. The molecule has 13 atom stereocenters. The molecule has 0 aliphatic heterocycles. The zero-order valence-corrected chi connectivity index (χ0v) is 80.0. The minimum atomic E-state index is -0.731. The van der Waals surface area contributed by atoms with E-state index in [2.05, 4.69) is 138 Å². The highest BCUT2D eigenvalue weighted by Crippen LogP contribution is 2.14. The average molecular weight is 1740 g/mol. The van der Waals surface area contributed by atoms with E-state index in [9.17, 15) is 5.11 Å². The number of aliphatic hydroxyl groups is 18. The van der Waals surface area contributed by atoms with E-state index < -0.39 is 54.9 Å². The lowest BCUT2D eigenvalue weighted by molar-refractivity contribution is 0.0920. The van der Waals surface area contributed by atoms with Crippen LogP contribution in [0.1, 0.15) is 346 Å². The van der Waals surface area contributed by atoms with Gasteiger partial charge < -0.3 is 140 Å². The maximum Gasteiger partial charge on any atom is 0.0895 e. The predicted molar refractivity (Wildman–Crippen MR) is 506 cm³/mol. The fourth-order valence-electron chi connectivity index (χ4n) is 11.1. The molecule has 0 fully saturated rings. The Morgan fingerprint density at radius 2 is 0.492 bits per heavy atom. The van der Waals surface area contributed by atoms with Crippen molar-refractivity contribution in [1.82, 2.24) is 42.5 Å². The molecular formula is C93H211N9O18. The van der Waals surface area contributed by atoms with Crippen molar-refractivity contribution in [3.05, 3.63) is 12.2 Å². The Morgan fingerprint density at radius 1 is 0.233 bits per heavy atom. The van der Waals surface area contributed by atoms with Gasteiger partial charge in [-0.3, -0.25) is 0 Å². The molecule has 0 aromatic carbocycles. The summed E-state index contributed by atoms with van der Waals surface area (Å²) < 4.78 is 0. The number of allylic oxidation sites excluding steroid dienone is 2. The van der Waals surface area contributed by atoms with Crippen LogP contribution in [-0.4, -0.2) is 317 Å². The molecule has 27 nitrogen and oxygen atoms in total. The number of hydrogen-bond acceptors (Lipinski definition) is 27. The number of rotatable bonds is 79. The molecule has 0 saturated heterocycles. The molecule has 0 amide bonds. The van der Waals surface area contributed by atoms with Gasteiger partial charge in [0, 0.05) is 64.9 Å². The van der Waals surface area contributed by atoms with Gasteiger partial charge in [0.05, 0.1) is 114 Å². The molecule has 13 unspecified atom stereocenters. The van der Waals surface area contributed by atoms with E-state index in [-0.39, 0.29) is 66.0 Å². The first-order valence-corrected chi connectivity index (χ1v) is 48.5. The number of aliphatic hydroxyl groups excluding tert-OH is 18. The van der Waals surface area contributed by atoms with Crippen molar-refractivity contribution in [1.29, 1.82) is 0 Å². The smallest absolute Gasteiger partial charge is 0.0895 e. The molecular weight excluding hydrogens is 1530 g/mol. The Bertz CT molecular complexity index is 1720. The molecule has 736 valence electrons. The third-order valence-corrected chi connectivity index (χ3v) is 19.8. The summed E-state index contributed by atoms with van der Waals surface area (Å²) >= 11 is 0. The van der Waals surface area contributed by atoms with Gasteiger partial charge in [-0.05, 0) is 154 Å². The summed E-state index contributed by atoms with van der Waals surface area (Å²) in [6.45, 7) is 35.6. The molecule has 0 rings (SSSR count). The topological polar surface area (TPSA) is 486 Å². The van der Waals surface area contributed by atoms with Gasteiger partial charge in [-0.25, -0.2) is 0 Å². The van der Waals surface area contributed by atoms with Gasteiger partial charge in [0.1, 0.15) is 0 Å². The van der Waals surface area contributed by atoms with Gasteiger partial charge in [-0.2, -0.15) is 0 Å². The maximum absolute atomic E-state index is 9.17. The minimum Gasteiger partial charge on any atom is -0.394 e. The number of nitrogens with two attached hydrogens (primary N) is 1. The minimum absolute atomic E-state index is 0.135. The van der Waals surface area contributed by atoms with Crippen molar-refractivity contribution in [3.63, 3.8) is 0 Å². The van der Waals surface area contributed by atoms with Crippen LogP contribution in [0.2, 0.25) is 0 Å². The zero-order valence-electron chi connectivity index (χ0n) is 80.0. The molecule has 0 saturated carbocycles.